The van der Waals surface area contributed by atoms with E-state index in [9.17, 15) is 9.90 Å². The summed E-state index contributed by atoms with van der Waals surface area (Å²) >= 11 is 3.44. The van der Waals surface area contributed by atoms with Crippen LogP contribution in [-0.4, -0.2) is 20.9 Å². The SMILES string of the molecule is CCC(C)n1cc(C(=O)O)c(-c2ccccc2Br)n1. The summed E-state index contributed by atoms with van der Waals surface area (Å²) in [5.41, 5.74) is 1.52. The molecule has 0 spiro atoms. The smallest absolute Gasteiger partial charge is 0.339 e. The summed E-state index contributed by atoms with van der Waals surface area (Å²) in [5, 5.41) is 13.8. The zero-order valence-electron chi connectivity index (χ0n) is 10.8. The number of carboxylic acid groups (broad SMARTS) is 1. The third-order valence-electron chi connectivity index (χ3n) is 3.13. The Kier molecular flexibility index (Phi) is 4.04. The molecule has 0 amide bonds. The van der Waals surface area contributed by atoms with Gasteiger partial charge < -0.3 is 5.11 Å². The summed E-state index contributed by atoms with van der Waals surface area (Å²) in [6, 6.07) is 7.67. The molecule has 1 unspecified atom stereocenters. The summed E-state index contributed by atoms with van der Waals surface area (Å²) < 4.78 is 2.56. The Morgan fingerprint density at radius 2 is 2.16 bits per heavy atom. The highest BCUT2D eigenvalue weighted by Gasteiger charge is 2.20. The zero-order valence-corrected chi connectivity index (χ0v) is 12.4. The van der Waals surface area contributed by atoms with Crippen molar-refractivity contribution in [1.29, 1.82) is 0 Å². The first-order chi connectivity index (χ1) is 9.04. The molecule has 0 fully saturated rings. The van der Waals surface area contributed by atoms with Crippen molar-refractivity contribution in [2.75, 3.05) is 0 Å². The van der Waals surface area contributed by atoms with Crippen LogP contribution in [0, 0.1) is 0 Å². The van der Waals surface area contributed by atoms with Gasteiger partial charge in [0.1, 0.15) is 11.3 Å². The normalized spacial score (nSPS) is 12.4. The highest BCUT2D eigenvalue weighted by atomic mass is 79.9. The van der Waals surface area contributed by atoms with Gasteiger partial charge in [-0.15, -0.1) is 0 Å². The Morgan fingerprint density at radius 1 is 1.47 bits per heavy atom. The fourth-order valence-corrected chi connectivity index (χ4v) is 2.29. The number of hydrogen-bond acceptors (Lipinski definition) is 2. The largest absolute Gasteiger partial charge is 0.478 e. The van der Waals surface area contributed by atoms with E-state index in [1.807, 2.05) is 38.1 Å². The molecule has 4 nitrogen and oxygen atoms in total. The second-order valence-electron chi connectivity index (χ2n) is 4.41. The van der Waals surface area contributed by atoms with E-state index in [2.05, 4.69) is 21.0 Å². The van der Waals surface area contributed by atoms with E-state index in [1.54, 1.807) is 10.9 Å². The van der Waals surface area contributed by atoms with Gasteiger partial charge in [0, 0.05) is 22.3 Å². The lowest BCUT2D eigenvalue weighted by Gasteiger charge is -2.08. The fraction of sp³-hybridized carbons (Fsp3) is 0.286. The zero-order chi connectivity index (χ0) is 14.0. The quantitative estimate of drug-likeness (QED) is 0.926. The van der Waals surface area contributed by atoms with Crippen molar-refractivity contribution in [3.8, 4) is 11.3 Å². The van der Waals surface area contributed by atoms with Crippen LogP contribution in [0.15, 0.2) is 34.9 Å². The Hall–Kier alpha value is -1.62. The van der Waals surface area contributed by atoms with Crippen molar-refractivity contribution >= 4 is 21.9 Å². The van der Waals surface area contributed by atoms with E-state index < -0.39 is 5.97 Å². The van der Waals surface area contributed by atoms with Crippen molar-refractivity contribution < 1.29 is 9.90 Å². The minimum atomic E-state index is -0.958. The molecule has 1 aromatic carbocycles. The lowest BCUT2D eigenvalue weighted by atomic mass is 10.1. The number of hydrogen-bond donors (Lipinski definition) is 1. The van der Waals surface area contributed by atoms with Crippen molar-refractivity contribution in [2.45, 2.75) is 26.3 Å². The van der Waals surface area contributed by atoms with Crippen LogP contribution in [0.1, 0.15) is 36.7 Å². The molecule has 1 aromatic heterocycles. The number of carboxylic acids is 1. The first-order valence-electron chi connectivity index (χ1n) is 6.12. The average Bonchev–Trinajstić information content (AvgIpc) is 2.83. The molecule has 19 heavy (non-hydrogen) atoms. The van der Waals surface area contributed by atoms with Gasteiger partial charge in [0.2, 0.25) is 0 Å². The van der Waals surface area contributed by atoms with Crippen molar-refractivity contribution in [3.63, 3.8) is 0 Å². The summed E-state index contributed by atoms with van der Waals surface area (Å²) in [6.07, 6.45) is 2.50. The van der Waals surface area contributed by atoms with Crippen LogP contribution in [0.3, 0.4) is 0 Å². The van der Waals surface area contributed by atoms with Gasteiger partial charge in [-0.2, -0.15) is 5.10 Å². The van der Waals surface area contributed by atoms with Gasteiger partial charge in [0.25, 0.3) is 0 Å². The van der Waals surface area contributed by atoms with Gasteiger partial charge >= 0.3 is 5.97 Å². The highest BCUT2D eigenvalue weighted by molar-refractivity contribution is 9.10. The van der Waals surface area contributed by atoms with Crippen LogP contribution in [0.5, 0.6) is 0 Å². The fourth-order valence-electron chi connectivity index (χ4n) is 1.81. The Morgan fingerprint density at radius 3 is 2.74 bits per heavy atom. The Labute approximate surface area is 120 Å². The number of benzene rings is 1. The average molecular weight is 323 g/mol. The van der Waals surface area contributed by atoms with E-state index in [0.29, 0.717) is 5.69 Å². The molecule has 2 rings (SSSR count). The number of nitrogens with zero attached hydrogens (tertiary/aromatic N) is 2. The minimum absolute atomic E-state index is 0.175. The number of carbonyl (C=O) groups is 1. The summed E-state index contributed by atoms with van der Waals surface area (Å²) in [6.45, 7) is 4.06. The van der Waals surface area contributed by atoms with Gasteiger partial charge in [-0.3, -0.25) is 4.68 Å². The summed E-state index contributed by atoms with van der Waals surface area (Å²) in [7, 11) is 0. The predicted octanol–water partition coefficient (Wildman–Crippen LogP) is 3.98. The van der Waals surface area contributed by atoms with Crippen molar-refractivity contribution in [3.05, 3.63) is 40.5 Å². The number of aromatic nitrogens is 2. The van der Waals surface area contributed by atoms with Crippen LogP contribution in [0.2, 0.25) is 0 Å². The molecule has 0 saturated carbocycles. The summed E-state index contributed by atoms with van der Waals surface area (Å²) in [5.74, 6) is -0.958. The maximum Gasteiger partial charge on any atom is 0.339 e. The third kappa shape index (κ3) is 2.71. The van der Waals surface area contributed by atoms with Crippen LogP contribution in [0.4, 0.5) is 0 Å². The van der Waals surface area contributed by atoms with Crippen LogP contribution < -0.4 is 0 Å². The summed E-state index contributed by atoms with van der Waals surface area (Å²) in [4.78, 5) is 11.4. The molecule has 100 valence electrons. The Bertz CT molecular complexity index is 607. The number of halogens is 1. The molecule has 5 heteroatoms. The maximum atomic E-state index is 11.4. The molecule has 2 aromatic rings. The number of aromatic carboxylic acids is 1. The lowest BCUT2D eigenvalue weighted by Crippen LogP contribution is -2.04. The second-order valence-corrected chi connectivity index (χ2v) is 5.27. The molecular formula is C14H15BrN2O2. The molecule has 1 N–H and O–H groups in total. The van der Waals surface area contributed by atoms with Crippen LogP contribution in [0.25, 0.3) is 11.3 Å². The Balaban J connectivity index is 2.59. The van der Waals surface area contributed by atoms with Gasteiger partial charge in [0.15, 0.2) is 0 Å². The number of rotatable bonds is 4. The van der Waals surface area contributed by atoms with Gasteiger partial charge in [-0.1, -0.05) is 41.1 Å². The minimum Gasteiger partial charge on any atom is -0.478 e. The molecule has 0 bridgehead atoms. The first kappa shape index (κ1) is 13.8. The molecule has 0 aliphatic rings. The third-order valence-corrected chi connectivity index (χ3v) is 3.83. The predicted molar refractivity (Wildman–Crippen MR) is 77.3 cm³/mol. The maximum absolute atomic E-state index is 11.4. The molecule has 0 radical (unpaired) electrons. The molecule has 0 aliphatic heterocycles. The molecular weight excluding hydrogens is 308 g/mol. The molecule has 1 heterocycles. The van der Waals surface area contributed by atoms with Crippen molar-refractivity contribution in [2.24, 2.45) is 0 Å². The van der Waals surface area contributed by atoms with E-state index >= 15 is 0 Å². The second kappa shape index (κ2) is 5.57. The van der Waals surface area contributed by atoms with E-state index in [1.165, 1.54) is 0 Å². The molecule has 0 saturated heterocycles. The van der Waals surface area contributed by atoms with E-state index in [4.69, 9.17) is 0 Å². The highest BCUT2D eigenvalue weighted by Crippen LogP contribution is 2.30. The van der Waals surface area contributed by atoms with Crippen LogP contribution in [-0.2, 0) is 0 Å². The first-order valence-corrected chi connectivity index (χ1v) is 6.91. The van der Waals surface area contributed by atoms with Crippen LogP contribution >= 0.6 is 15.9 Å². The van der Waals surface area contributed by atoms with Gasteiger partial charge in [-0.05, 0) is 19.4 Å². The standard InChI is InChI=1S/C14H15BrN2O2/c1-3-9(2)17-8-11(14(18)19)13(16-17)10-6-4-5-7-12(10)15/h4-9H,3H2,1-2H3,(H,18,19). The monoisotopic (exact) mass is 322 g/mol. The lowest BCUT2D eigenvalue weighted by molar-refractivity contribution is 0.0697. The van der Waals surface area contributed by atoms with Gasteiger partial charge in [0.05, 0.1) is 0 Å². The van der Waals surface area contributed by atoms with Gasteiger partial charge in [-0.25, -0.2) is 4.79 Å². The van der Waals surface area contributed by atoms with E-state index in [-0.39, 0.29) is 11.6 Å². The van der Waals surface area contributed by atoms with E-state index in [0.717, 1.165) is 16.5 Å². The topological polar surface area (TPSA) is 55.1 Å². The molecule has 1 atom stereocenters. The van der Waals surface area contributed by atoms with Crippen molar-refractivity contribution in [1.82, 2.24) is 9.78 Å². The molecule has 0 aliphatic carbocycles.